The van der Waals surface area contributed by atoms with Gasteiger partial charge in [0.2, 0.25) is 0 Å². The van der Waals surface area contributed by atoms with Crippen LogP contribution in [0.1, 0.15) is 281 Å². The molecule has 4 fully saturated rings. The molecule has 0 aromatic carbocycles. The monoisotopic (exact) mass is 1360 g/mol. The van der Waals surface area contributed by atoms with Crippen LogP contribution in [0.5, 0.6) is 0 Å². The van der Waals surface area contributed by atoms with Crippen LogP contribution in [-0.2, 0) is 52.6 Å². The van der Waals surface area contributed by atoms with Gasteiger partial charge in [-0.05, 0) is 207 Å². The third-order valence-electron chi connectivity index (χ3n) is 14.5. The van der Waals surface area contributed by atoms with E-state index in [4.69, 9.17) is 43.0 Å². The molecule has 1 amide bonds. The zero-order chi connectivity index (χ0) is 75.0. The summed E-state index contributed by atoms with van der Waals surface area (Å²) in [7, 11) is 0. The first-order valence-corrected chi connectivity index (χ1v) is 35.1. The Morgan fingerprint density at radius 1 is 0.406 bits per heavy atom. The highest BCUT2D eigenvalue weighted by Gasteiger charge is 2.52. The van der Waals surface area contributed by atoms with Crippen LogP contribution in [0.3, 0.4) is 0 Å². The van der Waals surface area contributed by atoms with Gasteiger partial charge < -0.3 is 59.9 Å². The topological polar surface area (TPSA) is 274 Å². The Balaban J connectivity index is 0.000000640. The van der Waals surface area contributed by atoms with E-state index >= 15 is 0 Å². The molecule has 5 N–H and O–H groups in total. The number of epoxide rings is 4. The van der Waals surface area contributed by atoms with Crippen LogP contribution in [-0.4, -0.2) is 160 Å². The molecule has 0 aliphatic carbocycles. The highest BCUT2D eigenvalue weighted by molar-refractivity contribution is 6.00. The number of nitrogens with zero attached hydrogens (tertiary/aromatic N) is 4. The van der Waals surface area contributed by atoms with E-state index in [-0.39, 0.29) is 81.2 Å². The molecule has 8 atom stereocenters. The van der Waals surface area contributed by atoms with E-state index in [1.165, 1.54) is 0 Å². The molecular weight excluding hydrogens is 1220 g/mol. The second kappa shape index (κ2) is 35.4. The minimum atomic E-state index is -0.802. The van der Waals surface area contributed by atoms with Crippen molar-refractivity contribution < 1.29 is 62.2 Å². The van der Waals surface area contributed by atoms with Crippen molar-refractivity contribution in [2.45, 2.75) is 361 Å². The van der Waals surface area contributed by atoms with Gasteiger partial charge in [0, 0.05) is 33.1 Å². The van der Waals surface area contributed by atoms with Crippen LogP contribution in [0.4, 0.5) is 9.59 Å². The molecule has 0 aromatic heterocycles. The molecule has 0 aromatic rings. The average Bonchev–Trinajstić information content (AvgIpc) is 1.66. The summed E-state index contributed by atoms with van der Waals surface area (Å²) >= 11 is 0. The van der Waals surface area contributed by atoms with E-state index in [9.17, 15) is 19.2 Å². The minimum Gasteiger partial charge on any atom is -0.427 e. The third kappa shape index (κ3) is 39.6. The first-order valence-electron chi connectivity index (χ1n) is 35.1. The lowest BCUT2D eigenvalue weighted by molar-refractivity contribution is -0.145. The van der Waals surface area contributed by atoms with Crippen LogP contribution in [0.2, 0.25) is 0 Å². The van der Waals surface area contributed by atoms with Gasteiger partial charge in [-0.3, -0.25) is 14.5 Å². The molecule has 22 nitrogen and oxygen atoms in total. The summed E-state index contributed by atoms with van der Waals surface area (Å²) in [6, 6.07) is 0.0158. The number of hydrogen-bond donors (Lipinski definition) is 5. The van der Waals surface area contributed by atoms with E-state index < -0.39 is 40.1 Å². The Morgan fingerprint density at radius 3 is 0.906 bits per heavy atom. The standard InChI is InChI=1S/2C19H36N2O3.C18H35N3O3.C18H34N2O4/c1-13(2)10-14(20-18(6,7)8)16(19(9)12-23-19)21-24-11-15(22)17(3,4)5;1-13(2)10-14(20-18(6,7)8)16(19(9)12-23-19)21-24-15(22)11-17(3,4)5;1-12(2)10-13(19-16(3,4)5)14(18(9)11-23-18)21-24-15(22)20-17(6,7)8;1-12(2)10-13(19-16(3,4)5)14(18(9)11-22-18)20-24-15(21)23-17(6,7)8/h2*13-14,20H,10-12H2,1-9H3;12-13,19H,10-11H2,1-9H3,(H,20,22);12-13,19H,10-11H2,1-9H3/b2*21-16-;21-14-;20-14-/t2*14-,19+;2*13-,18+/m0000/s1. The van der Waals surface area contributed by atoms with Gasteiger partial charge in [0.15, 0.2) is 12.4 Å². The summed E-state index contributed by atoms with van der Waals surface area (Å²) in [5.41, 5.74) is -0.494. The van der Waals surface area contributed by atoms with Crippen molar-refractivity contribution in [1.29, 1.82) is 0 Å². The molecule has 4 saturated heterocycles. The van der Waals surface area contributed by atoms with Gasteiger partial charge in [-0.2, -0.15) is 0 Å². The van der Waals surface area contributed by atoms with Crippen molar-refractivity contribution in [2.24, 2.45) is 55.1 Å². The maximum Gasteiger partial charge on any atom is 0.535 e. The molecule has 0 saturated carbocycles. The first-order chi connectivity index (χ1) is 42.9. The van der Waals surface area contributed by atoms with Crippen LogP contribution in [0.15, 0.2) is 20.6 Å². The molecule has 4 aliphatic heterocycles. The van der Waals surface area contributed by atoms with E-state index in [0.717, 1.165) is 42.8 Å². The zero-order valence-corrected chi connectivity index (χ0v) is 67.3. The third-order valence-corrected chi connectivity index (χ3v) is 14.5. The van der Waals surface area contributed by atoms with Crippen molar-refractivity contribution in [2.75, 3.05) is 33.0 Å². The zero-order valence-electron chi connectivity index (χ0n) is 67.3. The quantitative estimate of drug-likeness (QED) is 0.0168. The van der Waals surface area contributed by atoms with Crippen LogP contribution in [0, 0.1) is 34.5 Å². The summed E-state index contributed by atoms with van der Waals surface area (Å²) in [6.45, 7) is 75.9. The van der Waals surface area contributed by atoms with Crippen LogP contribution < -0.4 is 26.6 Å². The molecule has 4 heterocycles. The smallest absolute Gasteiger partial charge is 0.427 e. The van der Waals surface area contributed by atoms with Crippen molar-refractivity contribution in [3.63, 3.8) is 0 Å². The first kappa shape index (κ1) is 89.9. The fraction of sp³-hybridized carbons (Fsp3) is 0.892. The lowest BCUT2D eigenvalue weighted by atomic mass is 9.90. The highest BCUT2D eigenvalue weighted by atomic mass is 16.8. The van der Waals surface area contributed by atoms with Gasteiger partial charge in [0.05, 0.1) is 57.0 Å². The van der Waals surface area contributed by atoms with Crippen LogP contribution >= 0.6 is 0 Å². The Bertz CT molecular complexity index is 2360. The number of ketones is 1. The van der Waals surface area contributed by atoms with Gasteiger partial charge in [-0.25, -0.2) is 14.4 Å². The van der Waals surface area contributed by atoms with E-state index in [2.05, 4.69) is 186 Å². The fourth-order valence-electron chi connectivity index (χ4n) is 9.79. The molecule has 560 valence electrons. The van der Waals surface area contributed by atoms with E-state index in [1.807, 2.05) is 90.0 Å². The van der Waals surface area contributed by atoms with Gasteiger partial charge in [0.25, 0.3) is 0 Å². The number of nitrogens with one attached hydrogen (secondary N) is 5. The van der Waals surface area contributed by atoms with Gasteiger partial charge in [-0.15, -0.1) is 0 Å². The Morgan fingerprint density at radius 2 is 0.677 bits per heavy atom. The van der Waals surface area contributed by atoms with Crippen LogP contribution in [0.25, 0.3) is 0 Å². The minimum absolute atomic E-state index is 0.00695. The van der Waals surface area contributed by atoms with E-state index in [1.54, 1.807) is 20.8 Å². The highest BCUT2D eigenvalue weighted by Crippen LogP contribution is 2.36. The summed E-state index contributed by atoms with van der Waals surface area (Å²) in [5.74, 6) is 1.66. The van der Waals surface area contributed by atoms with Crippen molar-refractivity contribution >= 4 is 46.8 Å². The maximum absolute atomic E-state index is 12.0. The second-order valence-corrected chi connectivity index (χ2v) is 37.7. The molecule has 96 heavy (non-hydrogen) atoms. The molecule has 4 aliphatic rings. The Hall–Kier alpha value is -4.16. The summed E-state index contributed by atoms with van der Waals surface area (Å²) < 4.78 is 27.5. The molecular formula is C74H141N9O13. The number of oxime groups is 4. The predicted octanol–water partition coefficient (Wildman–Crippen LogP) is 14.8. The number of Topliss-reactive ketones (excluding diaryl/α,β-unsaturated/α-hetero) is 1. The van der Waals surface area contributed by atoms with Crippen molar-refractivity contribution in [3.8, 4) is 0 Å². The second-order valence-electron chi connectivity index (χ2n) is 37.7. The summed E-state index contributed by atoms with van der Waals surface area (Å²) in [6.07, 6.45) is 2.58. The Kier molecular flexibility index (Phi) is 33.2. The largest absolute Gasteiger partial charge is 0.535 e. The van der Waals surface area contributed by atoms with Gasteiger partial charge in [-0.1, -0.05) is 118 Å². The average molecular weight is 1360 g/mol. The van der Waals surface area contributed by atoms with E-state index in [0.29, 0.717) is 62.2 Å². The molecule has 0 radical (unpaired) electrons. The number of amides is 1. The SMILES string of the molecule is CC(C)C[C@H](NC(C)(C)C)/C(=N/OC(=O)CC(C)(C)C)[C@@]1(C)CO1.CC(C)C[C@H](NC(C)(C)C)/C(=N/OC(=O)NC(C)(C)C)[C@@]1(C)CO1.CC(C)C[C@H](NC(C)(C)C)/C(=N/OC(=O)OC(C)(C)C)[C@@]1(C)CO1.CC(C)C[C@H](NC(C)(C)C)/C(=N/OCC(=O)C(C)(C)C)[C@@]1(C)CO1. The molecule has 0 bridgehead atoms. The van der Waals surface area contributed by atoms with Crippen molar-refractivity contribution in [3.05, 3.63) is 0 Å². The number of ether oxygens (including phenoxy) is 5. The van der Waals surface area contributed by atoms with Crippen molar-refractivity contribution in [1.82, 2.24) is 26.6 Å². The van der Waals surface area contributed by atoms with Gasteiger partial charge in [0.1, 0.15) is 50.9 Å². The number of hydrogen-bond acceptors (Lipinski definition) is 21. The molecule has 0 spiro atoms. The predicted molar refractivity (Wildman–Crippen MR) is 389 cm³/mol. The molecule has 0 unspecified atom stereocenters. The van der Waals surface area contributed by atoms with Gasteiger partial charge >= 0.3 is 18.2 Å². The number of carbonyl (C=O) groups is 4. The lowest BCUT2D eigenvalue weighted by Gasteiger charge is -2.31. The summed E-state index contributed by atoms with van der Waals surface area (Å²) in [5, 5.41) is 34.1. The molecule has 4 rings (SSSR count). The lowest BCUT2D eigenvalue weighted by Crippen LogP contribution is -2.52. The maximum atomic E-state index is 12.0. The molecule has 22 heteroatoms. The number of rotatable bonds is 27. The number of carbonyl (C=O) groups excluding carboxylic acids is 4. The summed E-state index contributed by atoms with van der Waals surface area (Å²) in [4.78, 5) is 68.7. The Labute approximate surface area is 582 Å². The normalized spacial score (nSPS) is 23.2. The fourth-order valence-corrected chi connectivity index (χ4v) is 9.79.